The van der Waals surface area contributed by atoms with Crippen molar-refractivity contribution < 1.29 is 9.90 Å². The van der Waals surface area contributed by atoms with Crippen LogP contribution in [0.1, 0.15) is 12.8 Å². The van der Waals surface area contributed by atoms with Crippen LogP contribution in [0.25, 0.3) is 0 Å². The number of nitrogens with one attached hydrogen (secondary N) is 1. The number of rotatable bonds is 5. The van der Waals surface area contributed by atoms with Crippen LogP contribution in [0.5, 0.6) is 0 Å². The third-order valence-electron chi connectivity index (χ3n) is 3.89. The van der Waals surface area contributed by atoms with Gasteiger partial charge in [0.15, 0.2) is 0 Å². The van der Waals surface area contributed by atoms with Gasteiger partial charge in [-0.3, -0.25) is 9.69 Å². The van der Waals surface area contributed by atoms with Gasteiger partial charge in [0, 0.05) is 69.8 Å². The van der Waals surface area contributed by atoms with Gasteiger partial charge in [-0.1, -0.05) is 0 Å². The Hall–Kier alpha value is -0.300. The van der Waals surface area contributed by atoms with Crippen LogP contribution < -0.4 is 5.32 Å². The van der Waals surface area contributed by atoms with Gasteiger partial charge in [0.2, 0.25) is 5.91 Å². The third-order valence-corrected chi connectivity index (χ3v) is 4.99. The first kappa shape index (κ1) is 15.1. The lowest BCUT2D eigenvalue weighted by Gasteiger charge is -2.35. The van der Waals surface area contributed by atoms with Crippen LogP contribution in [0.15, 0.2) is 0 Å². The maximum absolute atomic E-state index is 12.1. The lowest BCUT2D eigenvalue weighted by molar-refractivity contribution is -0.132. The number of carbonyl (C=O) groups excluding carboxylic acids is 1. The fourth-order valence-corrected chi connectivity index (χ4v) is 3.89. The van der Waals surface area contributed by atoms with Crippen LogP contribution >= 0.6 is 11.8 Å². The van der Waals surface area contributed by atoms with Crippen molar-refractivity contribution >= 4 is 17.7 Å². The van der Waals surface area contributed by atoms with Crippen molar-refractivity contribution in [1.82, 2.24) is 15.1 Å². The molecule has 19 heavy (non-hydrogen) atoms. The largest absolute Gasteiger partial charge is 0.396 e. The zero-order valence-electron chi connectivity index (χ0n) is 11.5. The van der Waals surface area contributed by atoms with Gasteiger partial charge in [-0.2, -0.15) is 11.8 Å². The summed E-state index contributed by atoms with van der Waals surface area (Å²) >= 11 is 1.95. The molecule has 1 atom stereocenters. The number of piperazine rings is 1. The summed E-state index contributed by atoms with van der Waals surface area (Å²) in [5.41, 5.74) is 0. The molecule has 6 heteroatoms. The van der Waals surface area contributed by atoms with Crippen LogP contribution in [-0.2, 0) is 4.79 Å². The number of hydrogen-bond acceptors (Lipinski definition) is 5. The minimum Gasteiger partial charge on any atom is -0.396 e. The first-order valence-corrected chi connectivity index (χ1v) is 8.38. The number of thioether (sulfide) groups is 1. The molecule has 0 bridgehead atoms. The van der Waals surface area contributed by atoms with Crippen LogP contribution in [0.2, 0.25) is 0 Å². The Morgan fingerprint density at radius 3 is 2.84 bits per heavy atom. The molecule has 2 heterocycles. The maximum atomic E-state index is 12.1. The highest BCUT2D eigenvalue weighted by molar-refractivity contribution is 7.99. The van der Waals surface area contributed by atoms with E-state index in [4.69, 9.17) is 5.11 Å². The predicted molar refractivity (Wildman–Crippen MR) is 78.5 cm³/mol. The molecule has 2 aliphatic heterocycles. The molecule has 0 aromatic rings. The van der Waals surface area contributed by atoms with Crippen molar-refractivity contribution in [1.29, 1.82) is 0 Å². The van der Waals surface area contributed by atoms with E-state index in [2.05, 4.69) is 10.2 Å². The van der Waals surface area contributed by atoms with Gasteiger partial charge in [0.25, 0.3) is 0 Å². The molecule has 2 aliphatic rings. The molecule has 0 radical (unpaired) electrons. The van der Waals surface area contributed by atoms with Crippen molar-refractivity contribution in [3.05, 3.63) is 0 Å². The molecule has 2 fully saturated rings. The van der Waals surface area contributed by atoms with Gasteiger partial charge in [-0.25, -0.2) is 0 Å². The molecule has 5 nitrogen and oxygen atoms in total. The SMILES string of the molecule is O=C(CCN1CCSCC1CCO)N1CCNCC1. The molecule has 2 rings (SSSR count). The van der Waals surface area contributed by atoms with Gasteiger partial charge in [-0.15, -0.1) is 0 Å². The van der Waals surface area contributed by atoms with E-state index in [1.54, 1.807) is 0 Å². The molecule has 1 unspecified atom stereocenters. The monoisotopic (exact) mass is 287 g/mol. The van der Waals surface area contributed by atoms with Crippen molar-refractivity contribution in [2.45, 2.75) is 18.9 Å². The zero-order chi connectivity index (χ0) is 13.5. The molecule has 0 saturated carbocycles. The highest BCUT2D eigenvalue weighted by Crippen LogP contribution is 2.19. The predicted octanol–water partition coefficient (Wildman–Crippen LogP) is -0.392. The van der Waals surface area contributed by atoms with E-state index in [0.717, 1.165) is 57.2 Å². The standard InChI is InChI=1S/C13H25N3O2S/c17-9-2-12-11-19-10-8-15(12)5-1-13(18)16-6-3-14-4-7-16/h12,14,17H,1-11H2. The number of nitrogens with zero attached hydrogens (tertiary/aromatic N) is 2. The van der Waals surface area contributed by atoms with Gasteiger partial charge in [0.1, 0.15) is 0 Å². The van der Waals surface area contributed by atoms with E-state index >= 15 is 0 Å². The molecule has 1 amide bonds. The van der Waals surface area contributed by atoms with E-state index in [0.29, 0.717) is 12.5 Å². The minimum absolute atomic E-state index is 0.244. The summed E-state index contributed by atoms with van der Waals surface area (Å²) in [4.78, 5) is 16.5. The van der Waals surface area contributed by atoms with E-state index in [9.17, 15) is 4.79 Å². The second-order valence-corrected chi connectivity index (χ2v) is 6.31. The summed E-state index contributed by atoms with van der Waals surface area (Å²) in [6, 6.07) is 0.444. The topological polar surface area (TPSA) is 55.8 Å². The molecular formula is C13H25N3O2S. The Balaban J connectivity index is 1.74. The number of hydrogen-bond donors (Lipinski definition) is 2. The van der Waals surface area contributed by atoms with Crippen LogP contribution in [0, 0.1) is 0 Å². The summed E-state index contributed by atoms with van der Waals surface area (Å²) in [5, 5.41) is 12.4. The van der Waals surface area contributed by atoms with E-state index in [1.807, 2.05) is 16.7 Å². The summed E-state index contributed by atoms with van der Waals surface area (Å²) < 4.78 is 0. The lowest BCUT2D eigenvalue weighted by Crippen LogP contribution is -2.48. The van der Waals surface area contributed by atoms with Crippen molar-refractivity contribution in [3.8, 4) is 0 Å². The number of aliphatic hydroxyl groups excluding tert-OH is 1. The number of aliphatic hydroxyl groups is 1. The summed E-state index contributed by atoms with van der Waals surface area (Å²) in [7, 11) is 0. The quantitative estimate of drug-likeness (QED) is 0.721. The maximum Gasteiger partial charge on any atom is 0.223 e. The summed E-state index contributed by atoms with van der Waals surface area (Å²) in [5.74, 6) is 2.51. The Bertz CT molecular complexity index is 283. The lowest BCUT2D eigenvalue weighted by atomic mass is 10.2. The molecule has 0 aromatic heterocycles. The highest BCUT2D eigenvalue weighted by atomic mass is 32.2. The van der Waals surface area contributed by atoms with Crippen LogP contribution in [-0.4, -0.2) is 84.2 Å². The Kier molecular flexibility index (Phi) is 6.43. The van der Waals surface area contributed by atoms with E-state index < -0.39 is 0 Å². The molecule has 0 aromatic carbocycles. The molecule has 0 aliphatic carbocycles. The van der Waals surface area contributed by atoms with E-state index in [-0.39, 0.29) is 12.5 Å². The molecule has 2 saturated heterocycles. The average molecular weight is 287 g/mol. The van der Waals surface area contributed by atoms with Crippen molar-refractivity contribution in [2.24, 2.45) is 0 Å². The smallest absolute Gasteiger partial charge is 0.223 e. The van der Waals surface area contributed by atoms with Gasteiger partial charge in [-0.05, 0) is 6.42 Å². The minimum atomic E-state index is 0.244. The Labute approximate surface area is 119 Å². The van der Waals surface area contributed by atoms with Crippen molar-refractivity contribution in [2.75, 3.05) is 57.4 Å². The van der Waals surface area contributed by atoms with Gasteiger partial charge in [0.05, 0.1) is 0 Å². The Morgan fingerprint density at radius 1 is 1.32 bits per heavy atom. The number of carbonyl (C=O) groups is 1. The van der Waals surface area contributed by atoms with Crippen molar-refractivity contribution in [3.63, 3.8) is 0 Å². The fourth-order valence-electron chi connectivity index (χ4n) is 2.71. The first-order chi connectivity index (χ1) is 9.31. The highest BCUT2D eigenvalue weighted by Gasteiger charge is 2.24. The normalized spacial score (nSPS) is 25.5. The van der Waals surface area contributed by atoms with Crippen LogP contribution in [0.4, 0.5) is 0 Å². The zero-order valence-corrected chi connectivity index (χ0v) is 12.3. The molecule has 110 valence electrons. The molecule has 2 N–H and O–H groups in total. The van der Waals surface area contributed by atoms with E-state index in [1.165, 1.54) is 0 Å². The van der Waals surface area contributed by atoms with Crippen LogP contribution in [0.3, 0.4) is 0 Å². The molecular weight excluding hydrogens is 262 g/mol. The van der Waals surface area contributed by atoms with Gasteiger partial charge >= 0.3 is 0 Å². The summed E-state index contributed by atoms with van der Waals surface area (Å²) in [6.07, 6.45) is 1.45. The number of amides is 1. The first-order valence-electron chi connectivity index (χ1n) is 7.22. The third kappa shape index (κ3) is 4.63. The molecule has 0 spiro atoms. The Morgan fingerprint density at radius 2 is 2.11 bits per heavy atom. The fraction of sp³-hybridized carbons (Fsp3) is 0.923. The average Bonchev–Trinajstić information content (AvgIpc) is 2.47. The summed E-state index contributed by atoms with van der Waals surface area (Å²) in [6.45, 7) is 5.65. The van der Waals surface area contributed by atoms with Gasteiger partial charge < -0.3 is 15.3 Å². The second kappa shape index (κ2) is 8.09. The second-order valence-electron chi connectivity index (χ2n) is 5.16.